The molecule has 132 valence electrons. The number of nitrogens with zero attached hydrogens (tertiary/aromatic N) is 2. The van der Waals surface area contributed by atoms with E-state index in [-0.39, 0.29) is 23.4 Å². The molecule has 2 fully saturated rings. The fourth-order valence-corrected chi connectivity index (χ4v) is 3.19. The fraction of sp³-hybridized carbons (Fsp3) is 0.706. The Labute approximate surface area is 141 Å². The number of likely N-dealkylation sites (tertiary alicyclic amines) is 1. The summed E-state index contributed by atoms with van der Waals surface area (Å²) in [4.78, 5) is 33.0. The zero-order valence-electron chi connectivity index (χ0n) is 14.1. The van der Waals surface area contributed by atoms with Crippen LogP contribution in [0.4, 0.5) is 0 Å². The summed E-state index contributed by atoms with van der Waals surface area (Å²) >= 11 is 0. The van der Waals surface area contributed by atoms with Crippen molar-refractivity contribution in [1.29, 1.82) is 0 Å². The third kappa shape index (κ3) is 4.42. The van der Waals surface area contributed by atoms with Crippen molar-refractivity contribution < 1.29 is 9.90 Å². The molecule has 0 spiro atoms. The molecule has 1 atom stereocenters. The molecule has 1 amide bonds. The molecule has 7 nitrogen and oxygen atoms in total. The number of carbonyl (C=O) groups is 1. The lowest BCUT2D eigenvalue weighted by Gasteiger charge is -2.33. The Morgan fingerprint density at radius 3 is 2.75 bits per heavy atom. The molecule has 0 aromatic carbocycles. The van der Waals surface area contributed by atoms with E-state index in [1.807, 2.05) is 6.92 Å². The predicted octanol–water partition coefficient (Wildman–Crippen LogP) is 0.184. The van der Waals surface area contributed by atoms with E-state index in [4.69, 9.17) is 0 Å². The Hall–Kier alpha value is -1.73. The highest BCUT2D eigenvalue weighted by molar-refractivity contribution is 5.81. The molecule has 0 bridgehead atoms. The second-order valence-corrected chi connectivity index (χ2v) is 6.88. The minimum atomic E-state index is -0.908. The third-order valence-electron chi connectivity index (χ3n) is 4.85. The van der Waals surface area contributed by atoms with Crippen LogP contribution >= 0.6 is 0 Å². The van der Waals surface area contributed by atoms with Crippen molar-refractivity contribution in [3.05, 3.63) is 27.9 Å². The molecule has 3 N–H and O–H groups in total. The Morgan fingerprint density at radius 2 is 2.12 bits per heavy atom. The molecule has 2 heterocycles. The van der Waals surface area contributed by atoms with Gasteiger partial charge in [-0.2, -0.15) is 0 Å². The van der Waals surface area contributed by atoms with Crippen molar-refractivity contribution in [2.24, 2.45) is 5.92 Å². The number of hydrogen-bond donors (Lipinski definition) is 3. The van der Waals surface area contributed by atoms with Crippen molar-refractivity contribution in [3.8, 4) is 0 Å². The maximum atomic E-state index is 11.9. The number of aliphatic hydroxyl groups excluding tert-OH is 1. The lowest BCUT2D eigenvalue weighted by molar-refractivity contribution is -0.133. The first kappa shape index (κ1) is 17.1. The maximum absolute atomic E-state index is 11.9. The molecule has 7 heteroatoms. The summed E-state index contributed by atoms with van der Waals surface area (Å²) in [5, 5.41) is 13.1. The lowest BCUT2D eigenvalue weighted by Crippen LogP contribution is -2.45. The van der Waals surface area contributed by atoms with E-state index in [9.17, 15) is 14.7 Å². The van der Waals surface area contributed by atoms with Gasteiger partial charge in [-0.05, 0) is 51.1 Å². The number of aliphatic hydroxyl groups is 1. The molecule has 2 aliphatic rings. The first-order valence-electron chi connectivity index (χ1n) is 8.85. The minimum Gasteiger partial charge on any atom is -0.383 e. The van der Waals surface area contributed by atoms with Crippen LogP contribution in [0.3, 0.4) is 0 Å². The van der Waals surface area contributed by atoms with Gasteiger partial charge in [0.05, 0.1) is 6.54 Å². The van der Waals surface area contributed by atoms with Crippen LogP contribution < -0.4 is 10.9 Å². The quantitative estimate of drug-likeness (QED) is 0.689. The van der Waals surface area contributed by atoms with Gasteiger partial charge in [-0.25, -0.2) is 4.98 Å². The number of H-pyrrole nitrogens is 1. The monoisotopic (exact) mass is 334 g/mol. The average molecular weight is 334 g/mol. The summed E-state index contributed by atoms with van der Waals surface area (Å²) in [6, 6.07) is 1.81. The molecule has 1 aromatic heterocycles. The maximum Gasteiger partial charge on any atom is 0.251 e. The largest absolute Gasteiger partial charge is 0.383 e. The molecule has 0 radical (unpaired) electrons. The van der Waals surface area contributed by atoms with Crippen molar-refractivity contribution in [1.82, 2.24) is 20.2 Å². The molecule has 3 rings (SSSR count). The summed E-state index contributed by atoms with van der Waals surface area (Å²) in [5.41, 5.74) is 0.690. The lowest BCUT2D eigenvalue weighted by atomic mass is 9.90. The zero-order valence-corrected chi connectivity index (χ0v) is 14.1. The van der Waals surface area contributed by atoms with Gasteiger partial charge in [-0.3, -0.25) is 14.5 Å². The molecule has 1 saturated heterocycles. The van der Waals surface area contributed by atoms with Crippen LogP contribution in [0.15, 0.2) is 10.9 Å². The van der Waals surface area contributed by atoms with Gasteiger partial charge in [0.15, 0.2) is 0 Å². The van der Waals surface area contributed by atoms with Crippen LogP contribution in [-0.4, -0.2) is 51.1 Å². The first-order valence-corrected chi connectivity index (χ1v) is 8.85. The van der Waals surface area contributed by atoms with Gasteiger partial charge in [0.25, 0.3) is 5.56 Å². The highest BCUT2D eigenvalue weighted by Gasteiger charge is 2.33. The second kappa shape index (κ2) is 7.44. The molecule has 1 aliphatic carbocycles. The summed E-state index contributed by atoms with van der Waals surface area (Å²) in [5.74, 6) is 0.469. The number of carbonyl (C=O) groups excluding carboxylic acids is 1. The number of rotatable bonds is 6. The van der Waals surface area contributed by atoms with Crippen LogP contribution in [0, 0.1) is 5.92 Å². The highest BCUT2D eigenvalue weighted by atomic mass is 16.3. The van der Waals surface area contributed by atoms with E-state index in [2.05, 4.69) is 20.2 Å². The van der Waals surface area contributed by atoms with Crippen molar-refractivity contribution in [3.63, 3.8) is 0 Å². The van der Waals surface area contributed by atoms with Gasteiger partial charge in [0.2, 0.25) is 5.91 Å². The normalized spacial score (nSPS) is 20.8. The fourth-order valence-electron chi connectivity index (χ4n) is 3.19. The number of aromatic nitrogens is 2. The number of amides is 1. The van der Waals surface area contributed by atoms with Gasteiger partial charge < -0.3 is 15.4 Å². The Morgan fingerprint density at radius 1 is 1.42 bits per heavy atom. The standard InChI is InChI=1S/C17H26N4O3/c1-2-12-9-15(22)20-14(18-12)10-21-7-5-11(6-8-21)16(23)17(24)19-13-3-4-13/h9,11,13,16,23H,2-8,10H2,1H3,(H,19,24)(H,18,20,22). The number of nitrogens with one attached hydrogen (secondary N) is 2. The summed E-state index contributed by atoms with van der Waals surface area (Å²) in [7, 11) is 0. The Balaban J connectivity index is 1.50. The van der Waals surface area contributed by atoms with Crippen LogP contribution in [0.2, 0.25) is 0 Å². The third-order valence-corrected chi connectivity index (χ3v) is 4.85. The smallest absolute Gasteiger partial charge is 0.251 e. The van der Waals surface area contributed by atoms with Gasteiger partial charge >= 0.3 is 0 Å². The van der Waals surface area contributed by atoms with Crippen molar-refractivity contribution in [2.75, 3.05) is 13.1 Å². The van der Waals surface area contributed by atoms with E-state index in [1.165, 1.54) is 6.07 Å². The van der Waals surface area contributed by atoms with Gasteiger partial charge in [-0.15, -0.1) is 0 Å². The van der Waals surface area contributed by atoms with Crippen molar-refractivity contribution in [2.45, 2.75) is 57.7 Å². The van der Waals surface area contributed by atoms with E-state index in [0.29, 0.717) is 12.4 Å². The molecular formula is C17H26N4O3. The topological polar surface area (TPSA) is 98.3 Å². The highest BCUT2D eigenvalue weighted by Crippen LogP contribution is 2.24. The van der Waals surface area contributed by atoms with E-state index in [0.717, 1.165) is 50.9 Å². The summed E-state index contributed by atoms with van der Waals surface area (Å²) in [6.45, 7) is 4.16. The van der Waals surface area contributed by atoms with E-state index in [1.54, 1.807) is 0 Å². The van der Waals surface area contributed by atoms with Crippen LogP contribution in [0.5, 0.6) is 0 Å². The molecular weight excluding hydrogens is 308 g/mol. The second-order valence-electron chi connectivity index (χ2n) is 6.88. The molecule has 1 aliphatic heterocycles. The average Bonchev–Trinajstić information content (AvgIpc) is 3.38. The molecule has 1 unspecified atom stereocenters. The van der Waals surface area contributed by atoms with E-state index < -0.39 is 6.10 Å². The van der Waals surface area contributed by atoms with Crippen LogP contribution in [-0.2, 0) is 17.8 Å². The molecule has 24 heavy (non-hydrogen) atoms. The number of aryl methyl sites for hydroxylation is 1. The van der Waals surface area contributed by atoms with Crippen molar-refractivity contribution >= 4 is 5.91 Å². The minimum absolute atomic E-state index is 0.00832. The van der Waals surface area contributed by atoms with Gasteiger partial charge in [0, 0.05) is 17.8 Å². The predicted molar refractivity (Wildman–Crippen MR) is 89.4 cm³/mol. The Kier molecular flexibility index (Phi) is 5.30. The first-order chi connectivity index (χ1) is 11.5. The van der Waals surface area contributed by atoms with Gasteiger partial charge in [-0.1, -0.05) is 6.92 Å². The Bertz CT molecular complexity index is 633. The number of aromatic amines is 1. The van der Waals surface area contributed by atoms with E-state index >= 15 is 0 Å². The molecule has 1 aromatic rings. The summed E-state index contributed by atoms with van der Waals surface area (Å²) < 4.78 is 0. The van der Waals surface area contributed by atoms with Crippen LogP contribution in [0.25, 0.3) is 0 Å². The zero-order chi connectivity index (χ0) is 17.1. The SMILES string of the molecule is CCc1cc(=O)[nH]c(CN2CCC(C(O)C(=O)NC3CC3)CC2)n1. The molecule has 1 saturated carbocycles. The summed E-state index contributed by atoms with van der Waals surface area (Å²) in [6.07, 6.45) is 3.43. The van der Waals surface area contributed by atoms with Crippen LogP contribution in [0.1, 0.15) is 44.1 Å². The number of hydrogen-bond acceptors (Lipinski definition) is 5. The van der Waals surface area contributed by atoms with Gasteiger partial charge in [0.1, 0.15) is 11.9 Å². The number of piperidine rings is 1.